The predicted octanol–water partition coefficient (Wildman–Crippen LogP) is 6.09. The molecule has 0 N–H and O–H groups in total. The first-order valence-electron chi connectivity index (χ1n) is 14.0. The van der Waals surface area contributed by atoms with Crippen molar-refractivity contribution in [3.05, 3.63) is 0 Å². The van der Waals surface area contributed by atoms with Crippen LogP contribution in [0.2, 0.25) is 0 Å². The summed E-state index contributed by atoms with van der Waals surface area (Å²) in [6.45, 7) is 6.27. The van der Waals surface area contributed by atoms with Crippen molar-refractivity contribution in [3.63, 3.8) is 0 Å². The molecule has 0 aliphatic carbocycles. The Morgan fingerprint density at radius 2 is 0.595 bits per heavy atom. The molecule has 0 aromatic rings. The van der Waals surface area contributed by atoms with E-state index in [1.54, 1.807) is 0 Å². The van der Waals surface area contributed by atoms with E-state index in [4.69, 9.17) is 7.38 Å². The summed E-state index contributed by atoms with van der Waals surface area (Å²) < 4.78 is 90.0. The zero-order valence-electron chi connectivity index (χ0n) is 23.2. The van der Waals surface area contributed by atoms with Crippen molar-refractivity contribution < 1.29 is 32.6 Å². The van der Waals surface area contributed by atoms with Crippen LogP contribution >= 0.6 is 0 Å². The standard InChI is InChI=1S/3C8H18O3S.Sb/c3*1-2-3-4-5-6-7-8-12(9,10)11;/h3*2-8H2,1H3,(H,9,10,11);/q;;;+3/p-3. The molecule has 9 nitrogen and oxygen atoms in total. The molecule has 0 saturated carbocycles. The van der Waals surface area contributed by atoms with Crippen LogP contribution in [0, 0.1) is 0 Å². The maximum absolute atomic E-state index is 12.5. The molecule has 37 heavy (non-hydrogen) atoms. The van der Waals surface area contributed by atoms with Gasteiger partial charge in [-0.3, -0.25) is 0 Å². The van der Waals surface area contributed by atoms with Crippen LogP contribution in [0.25, 0.3) is 0 Å². The number of rotatable bonds is 27. The van der Waals surface area contributed by atoms with Crippen molar-refractivity contribution in [1.82, 2.24) is 0 Å². The molecule has 224 valence electrons. The summed E-state index contributed by atoms with van der Waals surface area (Å²) in [4.78, 5) is 0. The van der Waals surface area contributed by atoms with Crippen LogP contribution in [0.4, 0.5) is 0 Å². The molecule has 0 unspecified atom stereocenters. The Morgan fingerprint density at radius 3 is 0.838 bits per heavy atom. The molecule has 0 aliphatic heterocycles. The first-order valence-corrected chi connectivity index (χ1v) is 21.9. The van der Waals surface area contributed by atoms with Crippen molar-refractivity contribution in [2.45, 2.75) is 136 Å². The average molecular weight is 702 g/mol. The summed E-state index contributed by atoms with van der Waals surface area (Å²) >= 11 is -4.62. The molecule has 0 aromatic carbocycles. The maximum atomic E-state index is 12.5. The van der Waals surface area contributed by atoms with E-state index in [9.17, 15) is 25.3 Å². The third-order valence-electron chi connectivity index (χ3n) is 5.77. The van der Waals surface area contributed by atoms with E-state index in [0.717, 1.165) is 77.0 Å². The minimum absolute atomic E-state index is 0.332. The molecule has 13 heteroatoms. The fourth-order valence-corrected chi connectivity index (χ4v) is 14.9. The van der Waals surface area contributed by atoms with Gasteiger partial charge in [0.05, 0.1) is 0 Å². The van der Waals surface area contributed by atoms with Gasteiger partial charge in [-0.1, -0.05) is 0 Å². The summed E-state index contributed by atoms with van der Waals surface area (Å²) in [5.74, 6) is -0.996. The summed E-state index contributed by atoms with van der Waals surface area (Å²) in [6, 6.07) is 0. The number of hydrogen-bond donors (Lipinski definition) is 0. The molecule has 0 rings (SSSR count). The molecule has 0 spiro atoms. The van der Waals surface area contributed by atoms with Crippen LogP contribution < -0.4 is 0 Å². The molecule has 0 saturated heterocycles. The van der Waals surface area contributed by atoms with Gasteiger partial charge in [-0.15, -0.1) is 0 Å². The van der Waals surface area contributed by atoms with Crippen LogP contribution in [-0.2, 0) is 37.7 Å². The average Bonchev–Trinajstić information content (AvgIpc) is 2.79. The molecule has 0 aliphatic rings. The van der Waals surface area contributed by atoms with E-state index in [2.05, 4.69) is 20.8 Å². The van der Waals surface area contributed by atoms with Gasteiger partial charge in [0.15, 0.2) is 0 Å². The summed E-state index contributed by atoms with van der Waals surface area (Å²) in [5, 5.41) is 0. The predicted molar refractivity (Wildman–Crippen MR) is 150 cm³/mol. The van der Waals surface area contributed by atoms with E-state index < -0.39 is 51.8 Å². The molecule has 0 bridgehead atoms. The van der Waals surface area contributed by atoms with Gasteiger partial charge < -0.3 is 0 Å². The van der Waals surface area contributed by atoms with Gasteiger partial charge in [0, 0.05) is 0 Å². The van der Waals surface area contributed by atoms with Gasteiger partial charge in [0.25, 0.3) is 0 Å². The second-order valence-corrected chi connectivity index (χ2v) is 19.7. The van der Waals surface area contributed by atoms with E-state index in [1.807, 2.05) is 0 Å². The van der Waals surface area contributed by atoms with Crippen molar-refractivity contribution in [1.29, 1.82) is 0 Å². The van der Waals surface area contributed by atoms with E-state index in [1.165, 1.54) is 0 Å². The van der Waals surface area contributed by atoms with Crippen molar-refractivity contribution in [2.24, 2.45) is 0 Å². The molecule has 0 heterocycles. The van der Waals surface area contributed by atoms with E-state index in [0.29, 0.717) is 38.5 Å². The normalized spacial score (nSPS) is 13.0. The second-order valence-electron chi connectivity index (χ2n) is 9.54. The Hall–Kier alpha value is 0.548. The second kappa shape index (κ2) is 22.3. The first kappa shape index (κ1) is 37.5. The zero-order valence-corrected chi connectivity index (χ0v) is 28.2. The Labute approximate surface area is 236 Å². The molecular formula is C24H51O9S3Sb. The summed E-state index contributed by atoms with van der Waals surface area (Å²) in [7, 11) is -12.6. The van der Waals surface area contributed by atoms with Gasteiger partial charge in [-0.05, 0) is 0 Å². The molecule has 0 radical (unpaired) electrons. The van der Waals surface area contributed by atoms with Crippen LogP contribution in [0.1, 0.15) is 136 Å². The topological polar surface area (TPSA) is 130 Å². The number of unbranched alkanes of at least 4 members (excludes halogenated alkanes) is 15. The molecule has 0 aromatic heterocycles. The van der Waals surface area contributed by atoms with Gasteiger partial charge in [0.1, 0.15) is 0 Å². The van der Waals surface area contributed by atoms with E-state index >= 15 is 0 Å². The quantitative estimate of drug-likeness (QED) is 0.0738. The fraction of sp³-hybridized carbons (Fsp3) is 1.00. The molecule has 0 atom stereocenters. The van der Waals surface area contributed by atoms with Gasteiger partial charge in [0.2, 0.25) is 0 Å². The van der Waals surface area contributed by atoms with Gasteiger partial charge >= 0.3 is 238 Å². The van der Waals surface area contributed by atoms with Gasteiger partial charge in [-0.2, -0.15) is 0 Å². The van der Waals surface area contributed by atoms with Crippen molar-refractivity contribution >= 4 is 51.8 Å². The first-order chi connectivity index (χ1) is 17.5. The SMILES string of the molecule is CCCCCCCCS(=O)(=O)[O][Sb]([O]S(=O)(=O)CCCCCCCC)[O]S(=O)(=O)CCCCCCCC. The van der Waals surface area contributed by atoms with Crippen molar-refractivity contribution in [3.8, 4) is 0 Å². The Bertz CT molecular complexity index is 746. The number of hydrogen-bond acceptors (Lipinski definition) is 9. The minimum atomic E-state index is -4.62. The van der Waals surface area contributed by atoms with Crippen molar-refractivity contribution in [2.75, 3.05) is 17.3 Å². The van der Waals surface area contributed by atoms with Crippen LogP contribution in [-0.4, -0.2) is 64.0 Å². The fourth-order valence-electron chi connectivity index (χ4n) is 3.60. The van der Waals surface area contributed by atoms with E-state index in [-0.39, 0.29) is 17.3 Å². The Morgan fingerprint density at radius 1 is 0.378 bits per heavy atom. The molecular weight excluding hydrogens is 650 g/mol. The van der Waals surface area contributed by atoms with Crippen LogP contribution in [0.15, 0.2) is 0 Å². The van der Waals surface area contributed by atoms with Gasteiger partial charge in [-0.25, -0.2) is 0 Å². The summed E-state index contributed by atoms with van der Waals surface area (Å²) in [5.41, 5.74) is 0. The Kier molecular flexibility index (Phi) is 22.6. The molecule has 0 amide bonds. The zero-order chi connectivity index (χ0) is 28.0. The Balaban J connectivity index is 5.04. The molecule has 0 fully saturated rings. The third kappa shape index (κ3) is 24.1. The van der Waals surface area contributed by atoms with Crippen LogP contribution in [0.3, 0.4) is 0 Å². The van der Waals surface area contributed by atoms with Crippen LogP contribution in [0.5, 0.6) is 0 Å². The third-order valence-corrected chi connectivity index (χ3v) is 18.1. The summed E-state index contributed by atoms with van der Waals surface area (Å²) in [6.07, 6.45) is 15.3. The monoisotopic (exact) mass is 700 g/mol.